The molecule has 3 nitrogen and oxygen atoms in total. The number of benzene rings is 1. The molecule has 0 atom stereocenters. The van der Waals surface area contributed by atoms with Crippen LogP contribution in [0.15, 0.2) is 35.1 Å². The molecule has 0 amide bonds. The van der Waals surface area contributed by atoms with Crippen molar-refractivity contribution < 1.29 is 0 Å². The van der Waals surface area contributed by atoms with E-state index in [1.165, 1.54) is 5.56 Å². The fourth-order valence-corrected chi connectivity index (χ4v) is 3.33. The third-order valence-electron chi connectivity index (χ3n) is 4.30. The van der Waals surface area contributed by atoms with E-state index in [4.69, 9.17) is 16.6 Å². The van der Waals surface area contributed by atoms with Crippen molar-refractivity contribution in [3.63, 3.8) is 0 Å². The lowest BCUT2D eigenvalue weighted by Gasteiger charge is -2.21. The molecule has 0 aliphatic heterocycles. The first-order valence-electron chi connectivity index (χ1n) is 8.01. The summed E-state index contributed by atoms with van der Waals surface area (Å²) in [6.07, 6.45) is 5.78. The van der Waals surface area contributed by atoms with Crippen LogP contribution in [-0.4, -0.2) is 15.4 Å². The van der Waals surface area contributed by atoms with Gasteiger partial charge in [-0.25, -0.2) is 0 Å². The third-order valence-corrected chi connectivity index (χ3v) is 4.47. The molecule has 0 saturated heterocycles. The van der Waals surface area contributed by atoms with Crippen molar-refractivity contribution in [3.8, 4) is 0 Å². The van der Waals surface area contributed by atoms with Crippen LogP contribution in [0.4, 0.5) is 0 Å². The van der Waals surface area contributed by atoms with Gasteiger partial charge in [-0.2, -0.15) is 0 Å². The lowest BCUT2D eigenvalue weighted by molar-refractivity contribution is 0.566. The zero-order valence-electron chi connectivity index (χ0n) is 12.7. The van der Waals surface area contributed by atoms with E-state index in [0.717, 1.165) is 43.5 Å². The summed E-state index contributed by atoms with van der Waals surface area (Å²) in [6, 6.07) is 10.3. The number of aromatic nitrogens is 2. The van der Waals surface area contributed by atoms with Crippen molar-refractivity contribution >= 4 is 11.6 Å². The molecule has 0 fully saturated rings. The molecular weight excluding hydrogens is 296 g/mol. The van der Waals surface area contributed by atoms with Crippen molar-refractivity contribution in [2.45, 2.75) is 45.1 Å². The Labute approximate surface area is 136 Å². The number of alkyl halides is 1. The van der Waals surface area contributed by atoms with Crippen molar-refractivity contribution in [1.29, 1.82) is 0 Å². The zero-order chi connectivity index (χ0) is 15.4. The normalized spacial score (nSPS) is 13.9. The molecule has 3 rings (SSSR count). The van der Waals surface area contributed by atoms with Gasteiger partial charge in [-0.1, -0.05) is 30.3 Å². The van der Waals surface area contributed by atoms with Gasteiger partial charge in [-0.3, -0.25) is 9.78 Å². The first-order chi connectivity index (χ1) is 10.8. The maximum absolute atomic E-state index is 12.7. The number of hydrogen-bond acceptors (Lipinski definition) is 2. The van der Waals surface area contributed by atoms with Crippen molar-refractivity contribution in [2.75, 3.05) is 5.88 Å². The van der Waals surface area contributed by atoms with E-state index in [9.17, 15) is 4.79 Å². The Morgan fingerprint density at radius 3 is 2.64 bits per heavy atom. The van der Waals surface area contributed by atoms with Crippen molar-refractivity contribution in [1.82, 2.24) is 9.55 Å². The van der Waals surface area contributed by atoms with E-state index < -0.39 is 0 Å². The molecule has 1 aromatic heterocycles. The average Bonchev–Trinajstić information content (AvgIpc) is 2.57. The second kappa shape index (κ2) is 7.10. The van der Waals surface area contributed by atoms with Crippen LogP contribution in [-0.2, 0) is 32.2 Å². The number of nitrogens with zero attached hydrogens (tertiary/aromatic N) is 2. The van der Waals surface area contributed by atoms with Crippen LogP contribution < -0.4 is 5.56 Å². The molecule has 116 valence electrons. The molecule has 1 heterocycles. The molecule has 0 saturated carbocycles. The molecule has 4 heteroatoms. The van der Waals surface area contributed by atoms with Crippen LogP contribution in [0.25, 0.3) is 0 Å². The van der Waals surface area contributed by atoms with Crippen LogP contribution in [0.1, 0.15) is 35.5 Å². The van der Waals surface area contributed by atoms with E-state index >= 15 is 0 Å². The molecule has 1 aliphatic rings. The van der Waals surface area contributed by atoms with Crippen LogP contribution >= 0.6 is 11.6 Å². The smallest absolute Gasteiger partial charge is 0.272 e. The molecule has 1 aromatic carbocycles. The predicted molar refractivity (Wildman–Crippen MR) is 89.7 cm³/mol. The van der Waals surface area contributed by atoms with Gasteiger partial charge in [0, 0.05) is 18.1 Å². The minimum absolute atomic E-state index is 0.0530. The van der Waals surface area contributed by atoms with Crippen molar-refractivity contribution in [3.05, 3.63) is 63.3 Å². The van der Waals surface area contributed by atoms with Crippen molar-refractivity contribution in [2.24, 2.45) is 0 Å². The Bertz CT molecular complexity index is 694. The summed E-state index contributed by atoms with van der Waals surface area (Å²) >= 11 is 5.90. The lowest BCUT2D eigenvalue weighted by Crippen LogP contribution is -2.32. The summed E-state index contributed by atoms with van der Waals surface area (Å²) in [5.41, 5.74) is 4.21. The number of halogens is 1. The van der Waals surface area contributed by atoms with Gasteiger partial charge < -0.3 is 4.57 Å². The maximum atomic E-state index is 12.7. The monoisotopic (exact) mass is 316 g/mol. The van der Waals surface area contributed by atoms with E-state index in [2.05, 4.69) is 12.1 Å². The van der Waals surface area contributed by atoms with Crippen LogP contribution in [0.5, 0.6) is 0 Å². The largest absolute Gasteiger partial charge is 0.308 e. The fourth-order valence-electron chi connectivity index (χ4n) is 3.17. The first kappa shape index (κ1) is 15.3. The van der Waals surface area contributed by atoms with E-state index in [1.54, 1.807) is 0 Å². The summed E-state index contributed by atoms with van der Waals surface area (Å²) in [5.74, 6) is 0.467. The molecule has 0 bridgehead atoms. The SMILES string of the molecule is O=c1c(CCc2ccccc2)nc2c(n1CCCl)CCCC2. The average molecular weight is 317 g/mol. The second-order valence-electron chi connectivity index (χ2n) is 5.79. The number of fused-ring (bicyclic) bond motifs is 1. The molecule has 22 heavy (non-hydrogen) atoms. The minimum atomic E-state index is 0.0530. The molecule has 0 unspecified atom stereocenters. The molecule has 2 aromatic rings. The van der Waals surface area contributed by atoms with Gasteiger partial charge in [-0.15, -0.1) is 11.6 Å². The maximum Gasteiger partial charge on any atom is 0.272 e. The van der Waals surface area contributed by atoms with Gasteiger partial charge >= 0.3 is 0 Å². The Morgan fingerprint density at radius 2 is 1.86 bits per heavy atom. The minimum Gasteiger partial charge on any atom is -0.308 e. The standard InChI is InChI=1S/C18H21ClN2O/c19-12-13-21-17-9-5-4-8-15(17)20-16(18(21)22)11-10-14-6-2-1-3-7-14/h1-3,6-7H,4-5,8-13H2. The van der Waals surface area contributed by atoms with E-state index in [1.807, 2.05) is 22.8 Å². The Balaban J connectivity index is 1.90. The van der Waals surface area contributed by atoms with Gasteiger partial charge in [0.1, 0.15) is 5.69 Å². The highest BCUT2D eigenvalue weighted by atomic mass is 35.5. The number of hydrogen-bond donors (Lipinski definition) is 0. The lowest BCUT2D eigenvalue weighted by atomic mass is 9.99. The Morgan fingerprint density at radius 1 is 1.09 bits per heavy atom. The molecule has 0 N–H and O–H groups in total. The topological polar surface area (TPSA) is 34.9 Å². The van der Waals surface area contributed by atoms with Gasteiger partial charge in [-0.05, 0) is 44.1 Å². The highest BCUT2D eigenvalue weighted by molar-refractivity contribution is 6.17. The predicted octanol–water partition coefficient (Wildman–Crippen LogP) is 3.15. The summed E-state index contributed by atoms with van der Waals surface area (Å²) in [7, 11) is 0. The number of rotatable bonds is 5. The molecule has 0 spiro atoms. The van der Waals surface area contributed by atoms with Gasteiger partial charge in [0.05, 0.1) is 5.69 Å². The highest BCUT2D eigenvalue weighted by Crippen LogP contribution is 2.19. The second-order valence-corrected chi connectivity index (χ2v) is 6.17. The quantitative estimate of drug-likeness (QED) is 0.794. The van der Waals surface area contributed by atoms with Gasteiger partial charge in [0.2, 0.25) is 0 Å². The summed E-state index contributed by atoms with van der Waals surface area (Å²) < 4.78 is 1.87. The fraction of sp³-hybridized carbons (Fsp3) is 0.444. The Kier molecular flexibility index (Phi) is 4.94. The Hall–Kier alpha value is -1.61. The first-order valence-corrected chi connectivity index (χ1v) is 8.54. The van der Waals surface area contributed by atoms with E-state index in [-0.39, 0.29) is 5.56 Å². The van der Waals surface area contributed by atoms with Gasteiger partial charge in [0.15, 0.2) is 0 Å². The van der Waals surface area contributed by atoms with E-state index in [0.29, 0.717) is 24.5 Å². The third kappa shape index (κ3) is 3.25. The molecule has 0 radical (unpaired) electrons. The summed E-state index contributed by atoms with van der Waals surface area (Å²) in [4.78, 5) is 17.4. The van der Waals surface area contributed by atoms with Crippen LogP contribution in [0.2, 0.25) is 0 Å². The number of aryl methyl sites for hydroxylation is 3. The van der Waals surface area contributed by atoms with Crippen LogP contribution in [0.3, 0.4) is 0 Å². The highest BCUT2D eigenvalue weighted by Gasteiger charge is 2.18. The van der Waals surface area contributed by atoms with Crippen LogP contribution in [0, 0.1) is 0 Å². The molecule has 1 aliphatic carbocycles. The molecular formula is C18H21ClN2O. The summed E-state index contributed by atoms with van der Waals surface area (Å²) in [6.45, 7) is 0.587. The van der Waals surface area contributed by atoms with Gasteiger partial charge in [0.25, 0.3) is 5.56 Å². The summed E-state index contributed by atoms with van der Waals surface area (Å²) in [5, 5.41) is 0. The zero-order valence-corrected chi connectivity index (χ0v) is 13.5.